The molecule has 0 amide bonds. The molecular weight excluding hydrogens is 547 g/mol. The summed E-state index contributed by atoms with van der Waals surface area (Å²) in [4.78, 5) is 4.46. The zero-order valence-corrected chi connectivity index (χ0v) is 20.2. The van der Waals surface area contributed by atoms with Crippen LogP contribution in [0.5, 0.6) is 0 Å². The van der Waals surface area contributed by atoms with Gasteiger partial charge in [-0.1, -0.05) is 60.9 Å². The summed E-state index contributed by atoms with van der Waals surface area (Å²) in [5, 5.41) is 17.7. The number of aliphatic hydroxyl groups is 2. The van der Waals surface area contributed by atoms with Gasteiger partial charge in [0.05, 0.1) is 13.7 Å². The number of furan rings is 1. The summed E-state index contributed by atoms with van der Waals surface area (Å²) < 4.78 is 6.36. The summed E-state index contributed by atoms with van der Waals surface area (Å²) in [6.07, 6.45) is 1.80. The second-order valence-electron chi connectivity index (χ2n) is 6.84. The van der Waals surface area contributed by atoms with Gasteiger partial charge in [-0.15, -0.1) is 18.2 Å². The molecule has 4 nitrogen and oxygen atoms in total. The molecule has 0 aliphatic carbocycles. The Bertz CT molecular complexity index is 1010. The van der Waals surface area contributed by atoms with E-state index >= 15 is 0 Å². The van der Waals surface area contributed by atoms with Crippen LogP contribution in [0, 0.1) is 6.07 Å². The summed E-state index contributed by atoms with van der Waals surface area (Å²) in [7, 11) is 0.523. The Morgan fingerprint density at radius 2 is 1.54 bits per heavy atom. The van der Waals surface area contributed by atoms with E-state index in [1.54, 1.807) is 6.20 Å². The SMILES string of the molecule is CO.CO.C[Si](C)(C)c1cccc2c1oc1c(-c3ccccn3)[c-]ccc12.[Ir]. The van der Waals surface area contributed by atoms with Gasteiger partial charge in [0.15, 0.2) is 0 Å². The first-order chi connectivity index (χ1) is 13.1. The fraction of sp³-hybridized carbons (Fsp3) is 0.227. The fourth-order valence-corrected chi connectivity index (χ4v) is 4.52. The minimum absolute atomic E-state index is 0. The minimum Gasteiger partial charge on any atom is -0.501 e. The van der Waals surface area contributed by atoms with Crippen molar-refractivity contribution in [3.05, 3.63) is 60.8 Å². The summed E-state index contributed by atoms with van der Waals surface area (Å²) in [5.74, 6) is 0. The molecule has 0 fully saturated rings. The third-order valence-electron chi connectivity index (χ3n) is 4.19. The van der Waals surface area contributed by atoms with Gasteiger partial charge in [0, 0.05) is 45.9 Å². The van der Waals surface area contributed by atoms with Gasteiger partial charge in [-0.05, 0) is 16.9 Å². The van der Waals surface area contributed by atoms with Crippen LogP contribution in [0.1, 0.15) is 0 Å². The molecule has 2 N–H and O–H groups in total. The van der Waals surface area contributed by atoms with Gasteiger partial charge < -0.3 is 19.6 Å². The minimum atomic E-state index is -1.48. The summed E-state index contributed by atoms with van der Waals surface area (Å²) in [6, 6.07) is 19.8. The van der Waals surface area contributed by atoms with Gasteiger partial charge in [-0.3, -0.25) is 0 Å². The Labute approximate surface area is 180 Å². The molecule has 0 bridgehead atoms. The number of nitrogens with zero attached hydrogens (tertiary/aromatic N) is 1. The summed E-state index contributed by atoms with van der Waals surface area (Å²) >= 11 is 0. The van der Waals surface area contributed by atoms with Crippen LogP contribution >= 0.6 is 0 Å². The van der Waals surface area contributed by atoms with E-state index in [0.29, 0.717) is 0 Å². The van der Waals surface area contributed by atoms with Crippen LogP contribution in [0.3, 0.4) is 0 Å². The van der Waals surface area contributed by atoms with Crippen LogP contribution in [-0.4, -0.2) is 37.5 Å². The fourth-order valence-electron chi connectivity index (χ4n) is 3.05. The molecule has 0 aliphatic heterocycles. The predicted molar refractivity (Wildman–Crippen MR) is 115 cm³/mol. The predicted octanol–water partition coefficient (Wildman–Crippen LogP) is 4.21. The topological polar surface area (TPSA) is 66.5 Å². The Hall–Kier alpha value is -1.82. The molecule has 0 saturated heterocycles. The second kappa shape index (κ2) is 10.6. The summed E-state index contributed by atoms with van der Waals surface area (Å²) in [5.41, 5.74) is 3.73. The second-order valence-corrected chi connectivity index (χ2v) is 11.9. The molecule has 0 saturated carbocycles. The Morgan fingerprint density at radius 3 is 2.14 bits per heavy atom. The third kappa shape index (κ3) is 4.77. The van der Waals surface area contributed by atoms with Crippen LogP contribution < -0.4 is 5.19 Å². The van der Waals surface area contributed by atoms with E-state index in [0.717, 1.165) is 42.0 Å². The van der Waals surface area contributed by atoms with Crippen molar-refractivity contribution < 1.29 is 34.7 Å². The van der Waals surface area contributed by atoms with Gasteiger partial charge in [-0.2, -0.15) is 0 Å². The van der Waals surface area contributed by atoms with Crippen LogP contribution in [0.4, 0.5) is 0 Å². The molecule has 1 radical (unpaired) electrons. The molecule has 6 heteroatoms. The average Bonchev–Trinajstić information content (AvgIpc) is 3.09. The molecule has 2 aromatic carbocycles. The normalized spacial score (nSPS) is 10.4. The van der Waals surface area contributed by atoms with Crippen molar-refractivity contribution in [1.29, 1.82) is 0 Å². The number of benzene rings is 2. The Kier molecular flexibility index (Phi) is 9.21. The molecular formula is C22H26IrNO3Si-. The Morgan fingerprint density at radius 1 is 0.857 bits per heavy atom. The standard InChI is InChI=1S/C20H18NOSi.2CH4O.Ir/c1-23(2,3)18-12-7-9-15-14-8-6-10-16(19(14)22-20(15)18)17-11-4-5-13-21-17;2*1-2;/h4-9,11-13H,1-3H3;2*2H,1H3;/q-1;;;. The maximum atomic E-state index is 7.00. The van der Waals surface area contributed by atoms with Crippen molar-refractivity contribution in [3.8, 4) is 11.3 Å². The quantitative estimate of drug-likeness (QED) is 0.279. The number of para-hydroxylation sites is 1. The molecule has 0 aliphatic rings. The van der Waals surface area contributed by atoms with Gasteiger partial charge in [0.2, 0.25) is 0 Å². The number of aromatic nitrogens is 1. The molecule has 2 heterocycles. The molecule has 151 valence electrons. The zero-order valence-electron chi connectivity index (χ0n) is 16.8. The first-order valence-corrected chi connectivity index (χ1v) is 12.2. The Balaban J connectivity index is 0.000000739. The van der Waals surface area contributed by atoms with Crippen molar-refractivity contribution in [2.75, 3.05) is 14.2 Å². The molecule has 0 atom stereocenters. The van der Waals surface area contributed by atoms with Crippen molar-refractivity contribution in [2.45, 2.75) is 19.6 Å². The van der Waals surface area contributed by atoms with Gasteiger partial charge in [-0.25, -0.2) is 0 Å². The van der Waals surface area contributed by atoms with Gasteiger partial charge in [0.25, 0.3) is 0 Å². The third-order valence-corrected chi connectivity index (χ3v) is 6.20. The molecule has 4 rings (SSSR count). The van der Waals surface area contributed by atoms with E-state index in [9.17, 15) is 0 Å². The average molecular weight is 573 g/mol. The van der Waals surface area contributed by atoms with Crippen molar-refractivity contribution in [2.24, 2.45) is 0 Å². The van der Waals surface area contributed by atoms with Crippen LogP contribution in [-0.2, 0) is 20.1 Å². The van der Waals surface area contributed by atoms with E-state index in [4.69, 9.17) is 14.6 Å². The van der Waals surface area contributed by atoms with E-state index in [2.05, 4.69) is 55.0 Å². The molecule has 0 spiro atoms. The van der Waals surface area contributed by atoms with Crippen LogP contribution in [0.15, 0.2) is 59.1 Å². The monoisotopic (exact) mass is 573 g/mol. The summed E-state index contributed by atoms with van der Waals surface area (Å²) in [6.45, 7) is 7.04. The smallest absolute Gasteiger partial charge is 0.120 e. The van der Waals surface area contributed by atoms with Gasteiger partial charge in [0.1, 0.15) is 5.58 Å². The molecule has 28 heavy (non-hydrogen) atoms. The van der Waals surface area contributed by atoms with Crippen molar-refractivity contribution in [1.82, 2.24) is 4.98 Å². The number of aliphatic hydroxyl groups excluding tert-OH is 2. The number of hydrogen-bond donors (Lipinski definition) is 2. The van der Waals surface area contributed by atoms with E-state index < -0.39 is 8.07 Å². The molecule has 4 aromatic rings. The van der Waals surface area contributed by atoms with Crippen molar-refractivity contribution in [3.63, 3.8) is 0 Å². The van der Waals surface area contributed by atoms with Crippen molar-refractivity contribution >= 4 is 35.2 Å². The van der Waals surface area contributed by atoms with E-state index in [1.807, 2.05) is 24.3 Å². The number of pyridine rings is 1. The molecule has 0 unspecified atom stereocenters. The first-order valence-electron chi connectivity index (χ1n) is 8.73. The first kappa shape index (κ1) is 24.2. The number of fused-ring (bicyclic) bond motifs is 3. The zero-order chi connectivity index (χ0) is 20.0. The maximum Gasteiger partial charge on any atom is 0.120 e. The number of rotatable bonds is 2. The maximum absolute atomic E-state index is 7.00. The molecule has 2 aromatic heterocycles. The van der Waals surface area contributed by atoms with Crippen LogP contribution in [0.25, 0.3) is 33.2 Å². The van der Waals surface area contributed by atoms with E-state index in [1.165, 1.54) is 10.6 Å². The van der Waals surface area contributed by atoms with Crippen LogP contribution in [0.2, 0.25) is 19.6 Å². The van der Waals surface area contributed by atoms with Gasteiger partial charge >= 0.3 is 0 Å². The van der Waals surface area contributed by atoms with E-state index in [-0.39, 0.29) is 20.1 Å². The number of hydrogen-bond acceptors (Lipinski definition) is 4. The largest absolute Gasteiger partial charge is 0.501 e.